The summed E-state index contributed by atoms with van der Waals surface area (Å²) in [4.78, 5) is 22.4. The number of nitrogens with one attached hydrogen (secondary N) is 2. The number of alkyl halides is 1. The van der Waals surface area contributed by atoms with Crippen molar-refractivity contribution >= 4 is 47.1 Å². The van der Waals surface area contributed by atoms with Crippen LogP contribution in [0.5, 0.6) is 0 Å². The van der Waals surface area contributed by atoms with E-state index in [0.717, 1.165) is 11.5 Å². The highest BCUT2D eigenvalue weighted by Gasteiger charge is 2.17. The Morgan fingerprint density at radius 2 is 2.25 bits per heavy atom. The first-order valence-corrected chi connectivity index (χ1v) is 7.65. The molecule has 4 nitrogen and oxygen atoms in total. The van der Waals surface area contributed by atoms with Crippen molar-refractivity contribution in [2.24, 2.45) is 0 Å². The van der Waals surface area contributed by atoms with Crippen molar-refractivity contribution in [2.45, 2.75) is 17.6 Å². The van der Waals surface area contributed by atoms with Crippen LogP contribution in [0, 0.1) is 0 Å². The third-order valence-electron chi connectivity index (χ3n) is 1.97. The zero-order valence-corrected chi connectivity index (χ0v) is 11.4. The Bertz CT molecular complexity index is 258. The molecule has 0 saturated carbocycles. The summed E-state index contributed by atoms with van der Waals surface area (Å²) in [6.45, 7) is 2.12. The van der Waals surface area contributed by atoms with Crippen LogP contribution >= 0.6 is 35.1 Å². The Kier molecular flexibility index (Phi) is 6.38. The van der Waals surface area contributed by atoms with Crippen LogP contribution in [0.3, 0.4) is 0 Å². The van der Waals surface area contributed by atoms with Gasteiger partial charge in [0.05, 0.1) is 0 Å². The van der Waals surface area contributed by atoms with E-state index < -0.39 is 17.3 Å². The number of halogens is 1. The summed E-state index contributed by atoms with van der Waals surface area (Å²) in [5.74, 6) is 2.88. The molecule has 3 amide bonds. The second kappa shape index (κ2) is 7.29. The Hall–Kier alpha value is -0.0700. The molecule has 0 bridgehead atoms. The zero-order chi connectivity index (χ0) is 12.0. The van der Waals surface area contributed by atoms with Crippen LogP contribution in [-0.4, -0.2) is 46.4 Å². The lowest BCUT2D eigenvalue weighted by Crippen LogP contribution is -2.44. The highest BCUT2D eigenvalue weighted by Crippen LogP contribution is 2.23. The fourth-order valence-electron chi connectivity index (χ4n) is 1.12. The summed E-state index contributed by atoms with van der Waals surface area (Å²) in [6.07, 6.45) is 0. The second-order valence-corrected chi connectivity index (χ2v) is 6.60. The van der Waals surface area contributed by atoms with E-state index in [0.29, 0.717) is 11.8 Å². The molecule has 2 atom stereocenters. The molecule has 0 aromatic heterocycles. The molecule has 1 heterocycles. The van der Waals surface area contributed by atoms with E-state index in [2.05, 4.69) is 10.6 Å². The maximum absolute atomic E-state index is 11.3. The average molecular weight is 283 g/mol. The number of hydrogen-bond acceptors (Lipinski definition) is 4. The van der Waals surface area contributed by atoms with Crippen LogP contribution in [-0.2, 0) is 4.79 Å². The Balaban J connectivity index is 2.16. The van der Waals surface area contributed by atoms with Gasteiger partial charge in [-0.05, 0) is 6.92 Å². The summed E-state index contributed by atoms with van der Waals surface area (Å²) in [5.41, 5.74) is 0. The van der Waals surface area contributed by atoms with Gasteiger partial charge in [0.15, 0.2) is 0 Å². The van der Waals surface area contributed by atoms with Crippen molar-refractivity contribution in [3.8, 4) is 0 Å². The summed E-state index contributed by atoms with van der Waals surface area (Å²) in [7, 11) is 0. The molecular formula is C9H15ClN2O2S2. The van der Waals surface area contributed by atoms with Gasteiger partial charge in [0.1, 0.15) is 5.38 Å². The van der Waals surface area contributed by atoms with E-state index >= 15 is 0 Å². The third-order valence-corrected chi connectivity index (χ3v) is 5.02. The standard InChI is InChI=1S/C9H15ClN2O2S2/c1-6(10)8(13)12-9(14)11-4-7-5-15-2-3-16-7/h6-7H,2-5H2,1H3,(H2,11,12,13,14). The van der Waals surface area contributed by atoms with Gasteiger partial charge in [-0.25, -0.2) is 4.79 Å². The molecule has 0 radical (unpaired) electrons. The minimum atomic E-state index is -0.689. The quantitative estimate of drug-likeness (QED) is 0.766. The van der Waals surface area contributed by atoms with Gasteiger partial charge in [0.25, 0.3) is 0 Å². The molecule has 1 aliphatic rings. The molecule has 2 N–H and O–H groups in total. The maximum atomic E-state index is 11.3. The molecule has 1 rings (SSSR count). The van der Waals surface area contributed by atoms with Crippen LogP contribution in [0.25, 0.3) is 0 Å². The highest BCUT2D eigenvalue weighted by atomic mass is 35.5. The van der Waals surface area contributed by atoms with Crippen molar-refractivity contribution in [2.75, 3.05) is 23.8 Å². The number of amides is 3. The molecule has 0 spiro atoms. The predicted octanol–water partition coefficient (Wildman–Crippen LogP) is 1.29. The number of carbonyl (C=O) groups excluding carboxylic acids is 2. The molecule has 1 aliphatic heterocycles. The van der Waals surface area contributed by atoms with Gasteiger partial charge in [0, 0.05) is 29.1 Å². The Morgan fingerprint density at radius 1 is 1.50 bits per heavy atom. The minimum Gasteiger partial charge on any atom is -0.337 e. The minimum absolute atomic E-state index is 0.438. The lowest BCUT2D eigenvalue weighted by molar-refractivity contribution is -0.119. The summed E-state index contributed by atoms with van der Waals surface area (Å²) in [6, 6.07) is -0.464. The van der Waals surface area contributed by atoms with Crippen LogP contribution in [0.1, 0.15) is 6.92 Å². The fraction of sp³-hybridized carbons (Fsp3) is 0.778. The van der Waals surface area contributed by atoms with Gasteiger partial charge in [-0.3, -0.25) is 10.1 Å². The zero-order valence-electron chi connectivity index (χ0n) is 8.99. The molecule has 2 unspecified atom stereocenters. The number of urea groups is 1. The highest BCUT2D eigenvalue weighted by molar-refractivity contribution is 8.06. The van der Waals surface area contributed by atoms with E-state index in [-0.39, 0.29) is 0 Å². The van der Waals surface area contributed by atoms with Gasteiger partial charge in [0.2, 0.25) is 5.91 Å². The molecule has 1 saturated heterocycles. The second-order valence-electron chi connectivity index (χ2n) is 3.38. The Labute approximate surface area is 109 Å². The summed E-state index contributed by atoms with van der Waals surface area (Å²) < 4.78 is 0. The van der Waals surface area contributed by atoms with E-state index in [1.165, 1.54) is 12.7 Å². The van der Waals surface area contributed by atoms with Gasteiger partial charge in [-0.2, -0.15) is 23.5 Å². The first-order chi connectivity index (χ1) is 7.59. The number of imide groups is 1. The molecule has 0 aromatic carbocycles. The molecule has 92 valence electrons. The van der Waals surface area contributed by atoms with Crippen molar-refractivity contribution in [3.63, 3.8) is 0 Å². The predicted molar refractivity (Wildman–Crippen MR) is 70.4 cm³/mol. The smallest absolute Gasteiger partial charge is 0.321 e. The first kappa shape index (κ1) is 14.0. The maximum Gasteiger partial charge on any atom is 0.321 e. The monoisotopic (exact) mass is 282 g/mol. The summed E-state index contributed by atoms with van der Waals surface area (Å²) >= 11 is 9.27. The van der Waals surface area contributed by atoms with Crippen molar-refractivity contribution < 1.29 is 9.59 Å². The van der Waals surface area contributed by atoms with E-state index in [9.17, 15) is 9.59 Å². The SMILES string of the molecule is CC(Cl)C(=O)NC(=O)NCC1CSCCS1. The van der Waals surface area contributed by atoms with Gasteiger partial charge >= 0.3 is 6.03 Å². The number of rotatable bonds is 3. The Morgan fingerprint density at radius 3 is 2.81 bits per heavy atom. The van der Waals surface area contributed by atoms with Gasteiger partial charge in [-0.1, -0.05) is 0 Å². The molecule has 1 fully saturated rings. The van der Waals surface area contributed by atoms with Gasteiger partial charge in [-0.15, -0.1) is 11.6 Å². The number of thioether (sulfide) groups is 2. The van der Waals surface area contributed by atoms with Crippen molar-refractivity contribution in [1.29, 1.82) is 0 Å². The lowest BCUT2D eigenvalue weighted by atomic mass is 10.4. The molecule has 7 heteroatoms. The van der Waals surface area contributed by atoms with Crippen LogP contribution in [0.2, 0.25) is 0 Å². The molecular weight excluding hydrogens is 268 g/mol. The molecule has 0 aliphatic carbocycles. The topological polar surface area (TPSA) is 58.2 Å². The van der Waals surface area contributed by atoms with E-state index in [4.69, 9.17) is 11.6 Å². The van der Waals surface area contributed by atoms with Crippen LogP contribution in [0.4, 0.5) is 4.79 Å². The van der Waals surface area contributed by atoms with Gasteiger partial charge < -0.3 is 5.32 Å². The third kappa shape index (κ3) is 5.32. The van der Waals surface area contributed by atoms with Crippen molar-refractivity contribution in [1.82, 2.24) is 10.6 Å². The average Bonchev–Trinajstić information content (AvgIpc) is 2.27. The lowest BCUT2D eigenvalue weighted by Gasteiger charge is -2.21. The van der Waals surface area contributed by atoms with E-state index in [1.54, 1.807) is 0 Å². The van der Waals surface area contributed by atoms with Crippen LogP contribution < -0.4 is 10.6 Å². The van der Waals surface area contributed by atoms with E-state index in [1.807, 2.05) is 23.5 Å². The largest absolute Gasteiger partial charge is 0.337 e. The fourth-order valence-corrected chi connectivity index (χ4v) is 3.78. The first-order valence-electron chi connectivity index (χ1n) is 5.01. The van der Waals surface area contributed by atoms with Crippen molar-refractivity contribution in [3.05, 3.63) is 0 Å². The van der Waals surface area contributed by atoms with Crippen LogP contribution in [0.15, 0.2) is 0 Å². The number of carbonyl (C=O) groups is 2. The molecule has 0 aromatic rings. The summed E-state index contributed by atoms with van der Waals surface area (Å²) in [5, 5.41) is 4.60. The number of hydrogen-bond donors (Lipinski definition) is 2. The molecule has 16 heavy (non-hydrogen) atoms. The normalized spacial score (nSPS) is 22.2.